The van der Waals surface area contributed by atoms with Gasteiger partial charge in [0.15, 0.2) is 0 Å². The summed E-state index contributed by atoms with van der Waals surface area (Å²) in [5, 5.41) is 0. The molecule has 1 rings (SSSR count). The predicted molar refractivity (Wildman–Crippen MR) is 60.9 cm³/mol. The third-order valence-electron chi connectivity index (χ3n) is 1.72. The molecule has 0 bridgehead atoms. The molecule has 1 nitrogen and oxygen atoms in total. The average molecular weight is 281 g/mol. The third kappa shape index (κ3) is 5.78. The zero-order valence-electron chi connectivity index (χ0n) is 10.1. The summed E-state index contributed by atoms with van der Waals surface area (Å²) < 4.78 is 5.84. The van der Waals surface area contributed by atoms with Crippen molar-refractivity contribution in [1.82, 2.24) is 0 Å². The zero-order valence-corrected chi connectivity index (χ0v) is 13.1. The van der Waals surface area contributed by atoms with E-state index in [0.717, 1.165) is 16.9 Å². The molecule has 0 aromatic heterocycles. The summed E-state index contributed by atoms with van der Waals surface area (Å²) in [5.74, 6) is 0.992. The first kappa shape index (κ1) is 17.7. The molecule has 0 aliphatic rings. The van der Waals surface area contributed by atoms with Crippen molar-refractivity contribution in [2.75, 3.05) is 0 Å². The maximum atomic E-state index is 5.84. The smallest absolute Gasteiger partial charge is 1.00 e. The Bertz CT molecular complexity index is 285. The van der Waals surface area contributed by atoms with E-state index in [-0.39, 0.29) is 45.6 Å². The molecule has 0 heterocycles. The molecule has 0 N–H and O–H groups in total. The predicted octanol–water partition coefficient (Wildman–Crippen LogP) is -0.0959. The van der Waals surface area contributed by atoms with Gasteiger partial charge >= 0.3 is 23.1 Å². The van der Waals surface area contributed by atoms with Crippen LogP contribution in [0.1, 0.15) is 31.9 Å². The number of benzene rings is 1. The molecule has 0 amide bonds. The van der Waals surface area contributed by atoms with Gasteiger partial charge in [-0.05, 0) is 20.8 Å². The van der Waals surface area contributed by atoms with Crippen LogP contribution in [-0.2, 0) is 0 Å². The number of rotatable bonds is 1. The molecule has 15 heavy (non-hydrogen) atoms. The van der Waals surface area contributed by atoms with Crippen LogP contribution in [0.3, 0.4) is 0 Å². The molecule has 0 aliphatic carbocycles. The fourth-order valence-electron chi connectivity index (χ4n) is 1.20. The zero-order chi connectivity index (χ0) is 10.1. The minimum absolute atomic E-state index is 0. The van der Waals surface area contributed by atoms with Gasteiger partial charge in [-0.2, -0.15) is 18.2 Å². The van der Waals surface area contributed by atoms with Crippen molar-refractivity contribution >= 4 is 23.1 Å². The summed E-state index contributed by atoms with van der Waals surface area (Å²) in [6.07, 6.45) is 0. The molecule has 0 saturated carbocycles. The monoisotopic (exact) mass is 280 g/mol. The van der Waals surface area contributed by atoms with Gasteiger partial charge in [0.05, 0.1) is 5.60 Å². The molecule has 0 unspecified atom stereocenters. The van der Waals surface area contributed by atoms with E-state index >= 15 is 0 Å². The summed E-state index contributed by atoms with van der Waals surface area (Å²) in [4.78, 5) is 0. The molecule has 0 fully saturated rings. The Morgan fingerprint density at radius 1 is 1.07 bits per heavy atom. The van der Waals surface area contributed by atoms with Crippen LogP contribution in [0.5, 0.6) is 5.75 Å². The van der Waals surface area contributed by atoms with E-state index in [1.54, 1.807) is 0 Å². The summed E-state index contributed by atoms with van der Waals surface area (Å²) >= 11 is 0. The standard InChI is InChI=1S/C12H17O.BrH.Mg/c1-9-7-6-8-10(2)11(9)13-12(3,4)5;;/h7-8H,1-5H3;1H;/q-1;;+2/p-1. The van der Waals surface area contributed by atoms with Gasteiger partial charge in [-0.3, -0.25) is 0 Å². The van der Waals surface area contributed by atoms with Crippen molar-refractivity contribution in [2.45, 2.75) is 40.2 Å². The van der Waals surface area contributed by atoms with E-state index in [4.69, 9.17) is 4.74 Å². The van der Waals surface area contributed by atoms with Gasteiger partial charge in [0.2, 0.25) is 0 Å². The topological polar surface area (TPSA) is 9.23 Å². The maximum Gasteiger partial charge on any atom is 2.00 e. The van der Waals surface area contributed by atoms with Crippen LogP contribution in [0.2, 0.25) is 0 Å². The normalized spacial score (nSPS) is 9.93. The van der Waals surface area contributed by atoms with E-state index in [1.807, 2.05) is 26.0 Å². The first-order valence-corrected chi connectivity index (χ1v) is 4.56. The van der Waals surface area contributed by atoms with Gasteiger partial charge in [-0.15, -0.1) is 11.1 Å². The fraction of sp³-hybridized carbons (Fsp3) is 0.500. The summed E-state index contributed by atoms with van der Waals surface area (Å²) in [5.41, 5.74) is 2.17. The second-order valence-electron chi connectivity index (χ2n) is 4.36. The van der Waals surface area contributed by atoms with Gasteiger partial charge in [0.1, 0.15) is 0 Å². The maximum absolute atomic E-state index is 5.84. The molecule has 0 spiro atoms. The minimum atomic E-state index is -0.128. The van der Waals surface area contributed by atoms with E-state index in [1.165, 1.54) is 0 Å². The molecular formula is C12H17BrMgO. The van der Waals surface area contributed by atoms with Crippen LogP contribution < -0.4 is 21.7 Å². The average Bonchev–Trinajstić information content (AvgIpc) is 1.95. The van der Waals surface area contributed by atoms with Crippen LogP contribution >= 0.6 is 0 Å². The number of halogens is 1. The van der Waals surface area contributed by atoms with Crippen molar-refractivity contribution in [3.05, 3.63) is 29.3 Å². The Morgan fingerprint density at radius 3 is 1.80 bits per heavy atom. The van der Waals surface area contributed by atoms with Crippen molar-refractivity contribution in [2.24, 2.45) is 0 Å². The number of hydrogen-bond donors (Lipinski definition) is 0. The first-order chi connectivity index (χ1) is 5.90. The number of aryl methyl sites for hydroxylation is 2. The SMILES string of the molecule is Cc1c[c-]cc(C)c1OC(C)(C)C.[Br-].[Mg+2]. The van der Waals surface area contributed by atoms with E-state index in [9.17, 15) is 0 Å². The van der Waals surface area contributed by atoms with Crippen molar-refractivity contribution < 1.29 is 21.7 Å². The second-order valence-corrected chi connectivity index (χ2v) is 4.36. The quantitative estimate of drug-likeness (QED) is 0.516. The third-order valence-corrected chi connectivity index (χ3v) is 1.72. The van der Waals surface area contributed by atoms with Crippen LogP contribution in [0.4, 0.5) is 0 Å². The van der Waals surface area contributed by atoms with Crippen LogP contribution in [0, 0.1) is 19.9 Å². The van der Waals surface area contributed by atoms with Gasteiger partial charge in [-0.1, -0.05) is 13.8 Å². The Hall–Kier alpha value is 0.266. The van der Waals surface area contributed by atoms with Gasteiger partial charge in [0.25, 0.3) is 0 Å². The second kappa shape index (κ2) is 6.76. The summed E-state index contributed by atoms with van der Waals surface area (Å²) in [6.45, 7) is 10.3. The van der Waals surface area contributed by atoms with Gasteiger partial charge in [0, 0.05) is 5.75 Å². The van der Waals surface area contributed by atoms with Crippen LogP contribution in [0.25, 0.3) is 0 Å². The largest absolute Gasteiger partial charge is 2.00 e. The van der Waals surface area contributed by atoms with Gasteiger partial charge in [-0.25, -0.2) is 0 Å². The minimum Gasteiger partial charge on any atom is -1.00 e. The molecular weight excluding hydrogens is 264 g/mol. The molecule has 0 atom stereocenters. The number of hydrogen-bond acceptors (Lipinski definition) is 1. The molecule has 1 aromatic rings. The molecule has 80 valence electrons. The molecule has 3 heteroatoms. The van der Waals surface area contributed by atoms with E-state index in [2.05, 4.69) is 26.8 Å². The Labute approximate surface area is 120 Å². The van der Waals surface area contributed by atoms with Crippen molar-refractivity contribution in [3.8, 4) is 5.75 Å². The van der Waals surface area contributed by atoms with Crippen molar-refractivity contribution in [1.29, 1.82) is 0 Å². The fourth-order valence-corrected chi connectivity index (χ4v) is 1.20. The molecule has 0 radical (unpaired) electrons. The van der Waals surface area contributed by atoms with Gasteiger partial charge < -0.3 is 21.7 Å². The van der Waals surface area contributed by atoms with Crippen molar-refractivity contribution in [3.63, 3.8) is 0 Å². The Balaban J connectivity index is 0. The number of ether oxygens (including phenoxy) is 1. The summed E-state index contributed by atoms with van der Waals surface area (Å²) in [7, 11) is 0. The molecule has 0 saturated heterocycles. The van der Waals surface area contributed by atoms with Crippen LogP contribution in [0.15, 0.2) is 12.1 Å². The molecule has 0 aliphatic heterocycles. The van der Waals surface area contributed by atoms with E-state index in [0.29, 0.717) is 0 Å². The molecule has 1 aromatic carbocycles. The Kier molecular flexibility index (Phi) is 7.96. The Morgan fingerprint density at radius 2 is 1.47 bits per heavy atom. The van der Waals surface area contributed by atoms with Crippen LogP contribution in [-0.4, -0.2) is 28.7 Å². The van der Waals surface area contributed by atoms with E-state index < -0.39 is 0 Å². The first-order valence-electron chi connectivity index (χ1n) is 4.56. The summed E-state index contributed by atoms with van der Waals surface area (Å²) in [6, 6.07) is 6.98.